The summed E-state index contributed by atoms with van der Waals surface area (Å²) < 4.78 is 7.61. The lowest BCUT2D eigenvalue weighted by Crippen LogP contribution is -2.21. The third-order valence-electron chi connectivity index (χ3n) is 3.41. The second-order valence-electron chi connectivity index (χ2n) is 4.57. The third-order valence-corrected chi connectivity index (χ3v) is 3.41. The van der Waals surface area contributed by atoms with E-state index >= 15 is 0 Å². The highest BCUT2D eigenvalue weighted by molar-refractivity contribution is 5.10. The van der Waals surface area contributed by atoms with Crippen molar-refractivity contribution in [2.75, 3.05) is 13.2 Å². The van der Waals surface area contributed by atoms with Crippen LogP contribution in [0, 0.1) is 5.92 Å². The molecule has 0 unspecified atom stereocenters. The van der Waals surface area contributed by atoms with Crippen molar-refractivity contribution in [3.8, 4) is 0 Å². The second-order valence-corrected chi connectivity index (χ2v) is 4.57. The van der Waals surface area contributed by atoms with E-state index in [-0.39, 0.29) is 0 Å². The van der Waals surface area contributed by atoms with Gasteiger partial charge in [0.2, 0.25) is 0 Å². The first-order valence-corrected chi connectivity index (χ1v) is 6.46. The largest absolute Gasteiger partial charge is 0.381 e. The van der Waals surface area contributed by atoms with E-state index in [1.165, 1.54) is 24.2 Å². The van der Waals surface area contributed by atoms with Crippen LogP contribution in [0.4, 0.5) is 0 Å². The number of ether oxygens (including phenoxy) is 1. The normalized spacial score (nSPS) is 17.9. The first-order chi connectivity index (χ1) is 7.83. The molecule has 0 aromatic carbocycles. The van der Waals surface area contributed by atoms with Crippen molar-refractivity contribution in [1.82, 2.24) is 9.78 Å². The minimum absolute atomic E-state index is 0.753. The Kier molecular flexibility index (Phi) is 3.99. The summed E-state index contributed by atoms with van der Waals surface area (Å²) in [6, 6.07) is 2.25. The lowest BCUT2D eigenvalue weighted by Gasteiger charge is -2.22. The SMILES string of the molecule is CCc1cc(CC)n(CC2CCOCC2)n1. The van der Waals surface area contributed by atoms with Gasteiger partial charge in [0.05, 0.1) is 5.69 Å². The maximum absolute atomic E-state index is 5.39. The lowest BCUT2D eigenvalue weighted by atomic mass is 10.0. The van der Waals surface area contributed by atoms with Gasteiger partial charge in [-0.1, -0.05) is 13.8 Å². The number of hydrogen-bond donors (Lipinski definition) is 0. The van der Waals surface area contributed by atoms with Crippen molar-refractivity contribution in [3.63, 3.8) is 0 Å². The van der Waals surface area contributed by atoms with Crippen LogP contribution in [0.3, 0.4) is 0 Å². The van der Waals surface area contributed by atoms with Crippen LogP contribution in [-0.2, 0) is 24.1 Å². The molecule has 1 aromatic heterocycles. The molecule has 1 aliphatic heterocycles. The van der Waals surface area contributed by atoms with Gasteiger partial charge in [-0.3, -0.25) is 4.68 Å². The molecule has 16 heavy (non-hydrogen) atoms. The zero-order chi connectivity index (χ0) is 11.4. The zero-order valence-electron chi connectivity index (χ0n) is 10.4. The van der Waals surface area contributed by atoms with E-state index in [9.17, 15) is 0 Å². The summed E-state index contributed by atoms with van der Waals surface area (Å²) in [5.74, 6) is 0.753. The Morgan fingerprint density at radius 3 is 2.69 bits per heavy atom. The van der Waals surface area contributed by atoms with Gasteiger partial charge in [-0.15, -0.1) is 0 Å². The Morgan fingerprint density at radius 1 is 1.31 bits per heavy atom. The molecule has 3 heteroatoms. The van der Waals surface area contributed by atoms with Crippen molar-refractivity contribution in [1.29, 1.82) is 0 Å². The van der Waals surface area contributed by atoms with Crippen LogP contribution in [-0.4, -0.2) is 23.0 Å². The van der Waals surface area contributed by atoms with E-state index in [4.69, 9.17) is 4.74 Å². The fourth-order valence-electron chi connectivity index (χ4n) is 2.30. The molecule has 0 N–H and O–H groups in total. The summed E-state index contributed by atoms with van der Waals surface area (Å²) in [6.07, 6.45) is 4.49. The van der Waals surface area contributed by atoms with E-state index < -0.39 is 0 Å². The van der Waals surface area contributed by atoms with Crippen LogP contribution >= 0.6 is 0 Å². The van der Waals surface area contributed by atoms with Gasteiger partial charge in [-0.05, 0) is 37.7 Å². The molecule has 0 radical (unpaired) electrons. The third kappa shape index (κ3) is 2.64. The quantitative estimate of drug-likeness (QED) is 0.782. The van der Waals surface area contributed by atoms with Crippen LogP contribution in [0.1, 0.15) is 38.1 Å². The number of rotatable bonds is 4. The van der Waals surface area contributed by atoms with E-state index in [0.29, 0.717) is 0 Å². The number of aryl methyl sites for hydroxylation is 2. The molecule has 2 heterocycles. The summed E-state index contributed by atoms with van der Waals surface area (Å²) in [5.41, 5.74) is 2.60. The average molecular weight is 222 g/mol. The van der Waals surface area contributed by atoms with Crippen molar-refractivity contribution in [2.24, 2.45) is 5.92 Å². The molecule has 3 nitrogen and oxygen atoms in total. The molecule has 2 rings (SSSR count). The smallest absolute Gasteiger partial charge is 0.0624 e. The van der Waals surface area contributed by atoms with Crippen molar-refractivity contribution < 1.29 is 4.74 Å². The maximum atomic E-state index is 5.39. The number of aromatic nitrogens is 2. The molecule has 0 saturated carbocycles. The summed E-state index contributed by atoms with van der Waals surface area (Å²) in [5, 5.41) is 4.67. The van der Waals surface area contributed by atoms with E-state index in [0.717, 1.165) is 38.5 Å². The molecule has 0 bridgehead atoms. The summed E-state index contributed by atoms with van der Waals surface area (Å²) in [7, 11) is 0. The van der Waals surface area contributed by atoms with Crippen LogP contribution in [0.15, 0.2) is 6.07 Å². The standard InChI is InChI=1S/C13H22N2O/c1-3-12-9-13(4-2)15(14-12)10-11-5-7-16-8-6-11/h9,11H,3-8,10H2,1-2H3. The van der Waals surface area contributed by atoms with Crippen molar-refractivity contribution in [3.05, 3.63) is 17.5 Å². The summed E-state index contributed by atoms with van der Waals surface area (Å²) in [4.78, 5) is 0. The van der Waals surface area contributed by atoms with E-state index in [1.807, 2.05) is 0 Å². The predicted octanol–water partition coefficient (Wildman–Crippen LogP) is 2.43. The van der Waals surface area contributed by atoms with E-state index in [2.05, 4.69) is 29.7 Å². The number of hydrogen-bond acceptors (Lipinski definition) is 2. The molecule has 1 aliphatic rings. The van der Waals surface area contributed by atoms with E-state index in [1.54, 1.807) is 0 Å². The highest BCUT2D eigenvalue weighted by atomic mass is 16.5. The Hall–Kier alpha value is -0.830. The predicted molar refractivity (Wildman–Crippen MR) is 64.5 cm³/mol. The fourth-order valence-corrected chi connectivity index (χ4v) is 2.30. The first kappa shape index (κ1) is 11.6. The maximum Gasteiger partial charge on any atom is 0.0624 e. The van der Waals surface area contributed by atoms with Gasteiger partial charge < -0.3 is 4.74 Å². The zero-order valence-corrected chi connectivity index (χ0v) is 10.4. The van der Waals surface area contributed by atoms with Gasteiger partial charge in [0, 0.05) is 25.5 Å². The monoisotopic (exact) mass is 222 g/mol. The van der Waals surface area contributed by atoms with Crippen molar-refractivity contribution >= 4 is 0 Å². The molecule has 0 spiro atoms. The Bertz CT molecular complexity index is 327. The molecule has 1 fully saturated rings. The highest BCUT2D eigenvalue weighted by Gasteiger charge is 2.16. The summed E-state index contributed by atoms with van der Waals surface area (Å²) in [6.45, 7) is 7.30. The molecule has 1 saturated heterocycles. The van der Waals surface area contributed by atoms with Gasteiger partial charge in [-0.25, -0.2) is 0 Å². The molecule has 1 aromatic rings. The Morgan fingerprint density at radius 2 is 2.06 bits per heavy atom. The second kappa shape index (κ2) is 5.48. The Balaban J connectivity index is 2.03. The minimum Gasteiger partial charge on any atom is -0.381 e. The highest BCUT2D eigenvalue weighted by Crippen LogP contribution is 2.18. The molecule has 0 aliphatic carbocycles. The van der Waals surface area contributed by atoms with Gasteiger partial charge in [0.1, 0.15) is 0 Å². The molecule has 90 valence electrons. The molecular formula is C13H22N2O. The summed E-state index contributed by atoms with van der Waals surface area (Å²) >= 11 is 0. The van der Waals surface area contributed by atoms with Crippen LogP contribution in [0.2, 0.25) is 0 Å². The van der Waals surface area contributed by atoms with Gasteiger partial charge >= 0.3 is 0 Å². The first-order valence-electron chi connectivity index (χ1n) is 6.46. The van der Waals surface area contributed by atoms with Gasteiger partial charge in [0.15, 0.2) is 0 Å². The molecule has 0 amide bonds. The Labute approximate surface area is 97.8 Å². The van der Waals surface area contributed by atoms with Crippen LogP contribution in [0.25, 0.3) is 0 Å². The lowest BCUT2D eigenvalue weighted by molar-refractivity contribution is 0.0598. The topological polar surface area (TPSA) is 27.1 Å². The van der Waals surface area contributed by atoms with Crippen molar-refractivity contribution in [2.45, 2.75) is 46.1 Å². The minimum atomic E-state index is 0.753. The average Bonchev–Trinajstić information content (AvgIpc) is 2.73. The van der Waals surface area contributed by atoms with Gasteiger partial charge in [-0.2, -0.15) is 5.10 Å². The molecular weight excluding hydrogens is 200 g/mol. The van der Waals surface area contributed by atoms with Gasteiger partial charge in [0.25, 0.3) is 0 Å². The number of nitrogens with zero attached hydrogens (tertiary/aromatic N) is 2. The fraction of sp³-hybridized carbons (Fsp3) is 0.769. The van der Waals surface area contributed by atoms with Crippen LogP contribution in [0.5, 0.6) is 0 Å². The molecule has 0 atom stereocenters. The van der Waals surface area contributed by atoms with Crippen LogP contribution < -0.4 is 0 Å².